The van der Waals surface area contributed by atoms with Crippen molar-refractivity contribution >= 4 is 23.3 Å². The van der Waals surface area contributed by atoms with Gasteiger partial charge in [0.25, 0.3) is 0 Å². The summed E-state index contributed by atoms with van der Waals surface area (Å²) in [6, 6.07) is 2.02. The van der Waals surface area contributed by atoms with E-state index in [2.05, 4.69) is 16.4 Å². The van der Waals surface area contributed by atoms with Gasteiger partial charge in [0.2, 0.25) is 5.91 Å². The molecule has 0 fully saturated rings. The normalized spacial score (nSPS) is 20.5. The molecule has 0 spiro atoms. The number of anilines is 1. The first-order valence-corrected chi connectivity index (χ1v) is 7.32. The molecule has 1 unspecified atom stereocenters. The Bertz CT molecular complexity index is 622. The van der Waals surface area contributed by atoms with Crippen molar-refractivity contribution in [3.8, 4) is 0 Å². The van der Waals surface area contributed by atoms with Crippen LogP contribution in [0.3, 0.4) is 0 Å². The summed E-state index contributed by atoms with van der Waals surface area (Å²) in [5.41, 5.74) is 3.20. The predicted molar refractivity (Wildman–Crippen MR) is 78.5 cm³/mol. The minimum atomic E-state index is -0.102. The Morgan fingerprint density at radius 1 is 1.52 bits per heavy atom. The number of nitrogens with one attached hydrogen (secondary N) is 1. The number of ether oxygens (including phenoxy) is 1. The molecule has 1 amide bonds. The second kappa shape index (κ2) is 5.68. The van der Waals surface area contributed by atoms with Crippen LogP contribution < -0.4 is 5.32 Å². The Kier molecular flexibility index (Phi) is 3.73. The molecule has 5 heteroatoms. The predicted octanol–water partition coefficient (Wildman–Crippen LogP) is 2.32. The minimum absolute atomic E-state index is 0.00495. The molecular formula is C16H18N2O3. The fourth-order valence-electron chi connectivity index (χ4n) is 2.85. The van der Waals surface area contributed by atoms with Crippen LogP contribution in [0.15, 0.2) is 18.3 Å². The summed E-state index contributed by atoms with van der Waals surface area (Å²) >= 11 is 0. The smallest absolute Gasteiger partial charge is 0.309 e. The molecule has 1 N–H and O–H groups in total. The summed E-state index contributed by atoms with van der Waals surface area (Å²) in [5, 5.41) is 2.73. The quantitative estimate of drug-likeness (QED) is 0.866. The molecule has 2 heterocycles. The number of esters is 1. The van der Waals surface area contributed by atoms with E-state index in [1.165, 1.54) is 5.57 Å². The standard InChI is InChI=1S/C16H18N2O3/c1-2-21-16(20)11-5-3-10(4-6-11)13-7-12-8-14(19)18-15(12)17-9-13/h3,7,9,11H,2,4-6,8H2,1H3,(H,17,18,19). The molecule has 0 bridgehead atoms. The molecule has 1 aliphatic carbocycles. The van der Waals surface area contributed by atoms with Crippen molar-refractivity contribution in [1.29, 1.82) is 0 Å². The lowest BCUT2D eigenvalue weighted by molar-refractivity contribution is -0.148. The van der Waals surface area contributed by atoms with Gasteiger partial charge in [0, 0.05) is 11.8 Å². The highest BCUT2D eigenvalue weighted by molar-refractivity contribution is 5.98. The highest BCUT2D eigenvalue weighted by Crippen LogP contribution is 2.32. The maximum absolute atomic E-state index is 11.7. The summed E-state index contributed by atoms with van der Waals surface area (Å²) in [7, 11) is 0. The van der Waals surface area contributed by atoms with Crippen molar-refractivity contribution in [2.24, 2.45) is 5.92 Å². The van der Waals surface area contributed by atoms with E-state index >= 15 is 0 Å². The summed E-state index contributed by atoms with van der Waals surface area (Å²) in [6.07, 6.45) is 6.64. The van der Waals surface area contributed by atoms with Crippen LogP contribution >= 0.6 is 0 Å². The average molecular weight is 286 g/mol. The number of carbonyl (C=O) groups is 2. The SMILES string of the molecule is CCOC(=O)C1CC=C(c2cnc3c(c2)CC(=O)N3)CC1. The Hall–Kier alpha value is -2.17. The number of pyridine rings is 1. The van der Waals surface area contributed by atoms with E-state index in [-0.39, 0.29) is 17.8 Å². The molecule has 3 rings (SSSR count). The van der Waals surface area contributed by atoms with E-state index < -0.39 is 0 Å². The van der Waals surface area contributed by atoms with Crippen LogP contribution in [0.1, 0.15) is 37.3 Å². The van der Waals surface area contributed by atoms with Gasteiger partial charge < -0.3 is 10.1 Å². The maximum Gasteiger partial charge on any atom is 0.309 e. The van der Waals surface area contributed by atoms with Crippen LogP contribution in [0.25, 0.3) is 5.57 Å². The zero-order valence-electron chi connectivity index (χ0n) is 12.0. The summed E-state index contributed by atoms with van der Waals surface area (Å²) in [5.74, 6) is 0.535. The molecule has 1 aromatic rings. The molecule has 1 aliphatic heterocycles. The third-order valence-electron chi connectivity index (χ3n) is 3.98. The van der Waals surface area contributed by atoms with E-state index in [9.17, 15) is 9.59 Å². The van der Waals surface area contributed by atoms with Crippen molar-refractivity contribution in [1.82, 2.24) is 4.98 Å². The number of hydrogen-bond donors (Lipinski definition) is 1. The number of fused-ring (bicyclic) bond motifs is 1. The number of hydrogen-bond acceptors (Lipinski definition) is 4. The van der Waals surface area contributed by atoms with Gasteiger partial charge in [-0.15, -0.1) is 0 Å². The van der Waals surface area contributed by atoms with Crippen LogP contribution in [0.5, 0.6) is 0 Å². The maximum atomic E-state index is 11.7. The molecule has 0 aromatic carbocycles. The number of rotatable bonds is 3. The monoisotopic (exact) mass is 286 g/mol. The van der Waals surface area contributed by atoms with Gasteiger partial charge in [0.15, 0.2) is 0 Å². The van der Waals surface area contributed by atoms with Crippen molar-refractivity contribution in [2.45, 2.75) is 32.6 Å². The Labute approximate surface area is 123 Å². The van der Waals surface area contributed by atoms with E-state index in [1.54, 1.807) is 6.20 Å². The summed E-state index contributed by atoms with van der Waals surface area (Å²) in [6.45, 7) is 2.26. The first-order valence-electron chi connectivity index (χ1n) is 7.32. The topological polar surface area (TPSA) is 68.3 Å². The number of nitrogens with zero attached hydrogens (tertiary/aromatic N) is 1. The first kappa shape index (κ1) is 13.8. The molecule has 110 valence electrons. The lowest BCUT2D eigenvalue weighted by Crippen LogP contribution is -2.19. The second-order valence-corrected chi connectivity index (χ2v) is 5.41. The van der Waals surface area contributed by atoms with Gasteiger partial charge in [-0.25, -0.2) is 4.98 Å². The molecule has 0 saturated heterocycles. The lowest BCUT2D eigenvalue weighted by atomic mass is 9.87. The van der Waals surface area contributed by atoms with Gasteiger partial charge in [0.05, 0.1) is 18.9 Å². The van der Waals surface area contributed by atoms with Crippen LogP contribution in [0.2, 0.25) is 0 Å². The zero-order valence-corrected chi connectivity index (χ0v) is 12.0. The number of amides is 1. The molecule has 21 heavy (non-hydrogen) atoms. The van der Waals surface area contributed by atoms with Gasteiger partial charge in [-0.3, -0.25) is 9.59 Å². The molecule has 5 nitrogen and oxygen atoms in total. The second-order valence-electron chi connectivity index (χ2n) is 5.41. The average Bonchev–Trinajstić information content (AvgIpc) is 2.86. The third-order valence-corrected chi connectivity index (χ3v) is 3.98. The van der Waals surface area contributed by atoms with Crippen LogP contribution in [0.4, 0.5) is 5.82 Å². The van der Waals surface area contributed by atoms with Crippen LogP contribution in [-0.2, 0) is 20.7 Å². The number of allylic oxidation sites excluding steroid dienone is 2. The Morgan fingerprint density at radius 3 is 3.10 bits per heavy atom. The third kappa shape index (κ3) is 2.82. The van der Waals surface area contributed by atoms with E-state index in [4.69, 9.17) is 4.74 Å². The summed E-state index contributed by atoms with van der Waals surface area (Å²) in [4.78, 5) is 27.4. The number of carbonyl (C=O) groups excluding carboxylic acids is 2. The molecule has 1 atom stereocenters. The lowest BCUT2D eigenvalue weighted by Gasteiger charge is -2.20. The van der Waals surface area contributed by atoms with Gasteiger partial charge in [-0.1, -0.05) is 6.08 Å². The first-order chi connectivity index (χ1) is 10.2. The van der Waals surface area contributed by atoms with Crippen molar-refractivity contribution < 1.29 is 14.3 Å². The fourth-order valence-corrected chi connectivity index (χ4v) is 2.85. The summed E-state index contributed by atoms with van der Waals surface area (Å²) < 4.78 is 5.07. The highest BCUT2D eigenvalue weighted by Gasteiger charge is 2.24. The van der Waals surface area contributed by atoms with E-state index in [1.807, 2.05) is 13.0 Å². The molecule has 2 aliphatic rings. The molecule has 0 radical (unpaired) electrons. The van der Waals surface area contributed by atoms with Gasteiger partial charge in [-0.2, -0.15) is 0 Å². The molecule has 0 saturated carbocycles. The van der Waals surface area contributed by atoms with E-state index in [0.717, 1.165) is 24.0 Å². The zero-order chi connectivity index (χ0) is 14.8. The fraction of sp³-hybridized carbons (Fsp3) is 0.438. The Balaban J connectivity index is 1.73. The van der Waals surface area contributed by atoms with Crippen molar-refractivity contribution in [3.63, 3.8) is 0 Å². The van der Waals surface area contributed by atoms with Crippen molar-refractivity contribution in [2.75, 3.05) is 11.9 Å². The van der Waals surface area contributed by atoms with Gasteiger partial charge in [0.1, 0.15) is 5.82 Å². The van der Waals surface area contributed by atoms with Crippen LogP contribution in [0, 0.1) is 5.92 Å². The van der Waals surface area contributed by atoms with Crippen molar-refractivity contribution in [3.05, 3.63) is 29.5 Å². The molecular weight excluding hydrogens is 268 g/mol. The molecule has 1 aromatic heterocycles. The van der Waals surface area contributed by atoms with Crippen LogP contribution in [-0.4, -0.2) is 23.5 Å². The van der Waals surface area contributed by atoms with Gasteiger partial charge >= 0.3 is 5.97 Å². The largest absolute Gasteiger partial charge is 0.466 e. The Morgan fingerprint density at radius 2 is 2.38 bits per heavy atom. The van der Waals surface area contributed by atoms with Gasteiger partial charge in [-0.05, 0) is 43.4 Å². The highest BCUT2D eigenvalue weighted by atomic mass is 16.5. The number of aromatic nitrogens is 1. The van der Waals surface area contributed by atoms with E-state index in [0.29, 0.717) is 25.3 Å². The minimum Gasteiger partial charge on any atom is -0.466 e.